The third kappa shape index (κ3) is 5.74. The fourth-order valence-corrected chi connectivity index (χ4v) is 2.29. The highest BCUT2D eigenvalue weighted by molar-refractivity contribution is 5.10. The van der Waals surface area contributed by atoms with Crippen LogP contribution in [0.15, 0.2) is 6.07 Å². The van der Waals surface area contributed by atoms with Gasteiger partial charge in [-0.3, -0.25) is 4.68 Å². The molecule has 0 aliphatic rings. The lowest BCUT2D eigenvalue weighted by atomic mass is 10.0. The number of nitrogens with one attached hydrogen (secondary N) is 1. The molecule has 0 fully saturated rings. The van der Waals surface area contributed by atoms with E-state index >= 15 is 0 Å². The predicted molar refractivity (Wildman–Crippen MR) is 79.4 cm³/mol. The number of nitrogens with zero attached hydrogens (tertiary/aromatic N) is 2. The topological polar surface area (TPSA) is 39.1 Å². The molecule has 0 aromatic carbocycles. The molecule has 0 radical (unpaired) electrons. The van der Waals surface area contributed by atoms with E-state index in [-0.39, 0.29) is 0 Å². The van der Waals surface area contributed by atoms with Gasteiger partial charge in [-0.15, -0.1) is 0 Å². The number of hydrogen-bond acceptors (Lipinski definition) is 3. The summed E-state index contributed by atoms with van der Waals surface area (Å²) in [6, 6.07) is 2.69. The van der Waals surface area contributed by atoms with E-state index in [1.54, 1.807) is 7.11 Å². The van der Waals surface area contributed by atoms with Crippen molar-refractivity contribution in [3.05, 3.63) is 17.5 Å². The first kappa shape index (κ1) is 16.2. The Morgan fingerprint density at radius 3 is 2.68 bits per heavy atom. The maximum absolute atomic E-state index is 5.34. The minimum atomic E-state index is 0.333. The first-order valence-corrected chi connectivity index (χ1v) is 7.32. The fourth-order valence-electron chi connectivity index (χ4n) is 2.29. The average Bonchev–Trinajstić information content (AvgIpc) is 2.70. The van der Waals surface area contributed by atoms with Gasteiger partial charge in [-0.25, -0.2) is 0 Å². The lowest BCUT2D eigenvalue weighted by Crippen LogP contribution is -2.33. The highest BCUT2D eigenvalue weighted by Crippen LogP contribution is 2.11. The van der Waals surface area contributed by atoms with E-state index in [4.69, 9.17) is 4.74 Å². The summed E-state index contributed by atoms with van der Waals surface area (Å²) in [6.07, 6.45) is 4.77. The number of methoxy groups -OCH3 is 1. The first-order valence-electron chi connectivity index (χ1n) is 7.32. The SMILES string of the molecule is CCCNC(CCC(C)OC)Cc1cc(C)nn1C. The second-order valence-electron chi connectivity index (χ2n) is 5.38. The molecule has 0 bridgehead atoms. The zero-order valence-electron chi connectivity index (χ0n) is 13.1. The van der Waals surface area contributed by atoms with Gasteiger partial charge in [0.1, 0.15) is 0 Å². The summed E-state index contributed by atoms with van der Waals surface area (Å²) in [6.45, 7) is 7.45. The molecule has 4 heteroatoms. The van der Waals surface area contributed by atoms with E-state index in [0.717, 1.165) is 31.5 Å². The van der Waals surface area contributed by atoms with Crippen molar-refractivity contribution in [2.24, 2.45) is 7.05 Å². The Morgan fingerprint density at radius 1 is 1.42 bits per heavy atom. The van der Waals surface area contributed by atoms with E-state index in [0.29, 0.717) is 12.1 Å². The van der Waals surface area contributed by atoms with Crippen molar-refractivity contribution in [2.45, 2.75) is 58.6 Å². The molecule has 110 valence electrons. The van der Waals surface area contributed by atoms with Gasteiger partial charge < -0.3 is 10.1 Å². The largest absolute Gasteiger partial charge is 0.382 e. The van der Waals surface area contributed by atoms with Crippen LogP contribution in [0, 0.1) is 6.92 Å². The number of aromatic nitrogens is 2. The third-order valence-electron chi connectivity index (χ3n) is 3.56. The van der Waals surface area contributed by atoms with Crippen molar-refractivity contribution in [1.82, 2.24) is 15.1 Å². The molecule has 4 nitrogen and oxygen atoms in total. The zero-order chi connectivity index (χ0) is 14.3. The van der Waals surface area contributed by atoms with Gasteiger partial charge in [0.25, 0.3) is 0 Å². The van der Waals surface area contributed by atoms with Crippen LogP contribution in [0.2, 0.25) is 0 Å². The van der Waals surface area contributed by atoms with Crippen molar-refractivity contribution < 1.29 is 4.74 Å². The molecule has 2 atom stereocenters. The summed E-state index contributed by atoms with van der Waals surface area (Å²) in [5.41, 5.74) is 2.40. The van der Waals surface area contributed by atoms with Gasteiger partial charge in [0.05, 0.1) is 11.8 Å². The van der Waals surface area contributed by atoms with Crippen molar-refractivity contribution in [1.29, 1.82) is 0 Å². The van der Waals surface area contributed by atoms with Crippen LogP contribution in [-0.4, -0.2) is 35.6 Å². The second-order valence-corrected chi connectivity index (χ2v) is 5.38. The molecular weight excluding hydrogens is 238 g/mol. The summed E-state index contributed by atoms with van der Waals surface area (Å²) in [4.78, 5) is 0. The number of aryl methyl sites for hydroxylation is 2. The van der Waals surface area contributed by atoms with Gasteiger partial charge in [0.15, 0.2) is 0 Å². The van der Waals surface area contributed by atoms with Crippen LogP contribution in [0.4, 0.5) is 0 Å². The summed E-state index contributed by atoms with van der Waals surface area (Å²) in [5, 5.41) is 8.06. The van der Waals surface area contributed by atoms with Gasteiger partial charge >= 0.3 is 0 Å². The molecule has 0 saturated carbocycles. The monoisotopic (exact) mass is 267 g/mol. The molecule has 19 heavy (non-hydrogen) atoms. The molecular formula is C15H29N3O. The molecule has 1 heterocycles. The van der Waals surface area contributed by atoms with Crippen molar-refractivity contribution in [3.8, 4) is 0 Å². The molecule has 1 aromatic heterocycles. The van der Waals surface area contributed by atoms with Crippen LogP contribution in [0.3, 0.4) is 0 Å². The number of ether oxygens (including phenoxy) is 1. The highest BCUT2D eigenvalue weighted by Gasteiger charge is 2.13. The quantitative estimate of drug-likeness (QED) is 0.747. The van der Waals surface area contributed by atoms with Crippen LogP contribution in [0.25, 0.3) is 0 Å². The lowest BCUT2D eigenvalue weighted by Gasteiger charge is -2.20. The van der Waals surface area contributed by atoms with E-state index in [1.807, 2.05) is 18.7 Å². The summed E-state index contributed by atoms with van der Waals surface area (Å²) in [5.74, 6) is 0. The van der Waals surface area contributed by atoms with Gasteiger partial charge in [-0.1, -0.05) is 6.92 Å². The number of hydrogen-bond donors (Lipinski definition) is 1. The highest BCUT2D eigenvalue weighted by atomic mass is 16.5. The van der Waals surface area contributed by atoms with Crippen LogP contribution in [0.1, 0.15) is 44.5 Å². The molecule has 0 spiro atoms. The van der Waals surface area contributed by atoms with Gasteiger partial charge in [-0.2, -0.15) is 5.10 Å². The Kier molecular flexibility index (Phi) is 7.10. The zero-order valence-corrected chi connectivity index (χ0v) is 13.1. The minimum Gasteiger partial charge on any atom is -0.382 e. The van der Waals surface area contributed by atoms with Crippen LogP contribution in [0.5, 0.6) is 0 Å². The van der Waals surface area contributed by atoms with Gasteiger partial charge in [-0.05, 0) is 45.7 Å². The molecule has 1 N–H and O–H groups in total. The van der Waals surface area contributed by atoms with Crippen LogP contribution in [-0.2, 0) is 18.2 Å². The summed E-state index contributed by atoms with van der Waals surface area (Å²) >= 11 is 0. The summed E-state index contributed by atoms with van der Waals surface area (Å²) < 4.78 is 7.33. The second kappa shape index (κ2) is 8.33. The molecule has 0 saturated heterocycles. The van der Waals surface area contributed by atoms with E-state index in [1.165, 1.54) is 12.1 Å². The van der Waals surface area contributed by atoms with Crippen molar-refractivity contribution >= 4 is 0 Å². The first-order chi connectivity index (χ1) is 9.06. The Balaban J connectivity index is 2.55. The lowest BCUT2D eigenvalue weighted by molar-refractivity contribution is 0.106. The standard InChI is InChI=1S/C15H29N3O/c1-6-9-16-14(8-7-13(3)19-5)11-15-10-12(2)17-18(15)4/h10,13-14,16H,6-9,11H2,1-5H3. The Hall–Kier alpha value is -0.870. The molecule has 1 rings (SSSR count). The molecule has 0 amide bonds. The Bertz CT molecular complexity index is 362. The van der Waals surface area contributed by atoms with Crippen molar-refractivity contribution in [3.63, 3.8) is 0 Å². The van der Waals surface area contributed by atoms with E-state index < -0.39 is 0 Å². The van der Waals surface area contributed by atoms with Crippen molar-refractivity contribution in [2.75, 3.05) is 13.7 Å². The summed E-state index contributed by atoms with van der Waals surface area (Å²) in [7, 11) is 3.81. The minimum absolute atomic E-state index is 0.333. The Labute approximate surface area is 117 Å². The van der Waals surface area contributed by atoms with E-state index in [2.05, 4.69) is 30.3 Å². The molecule has 0 aliphatic heterocycles. The normalized spacial score (nSPS) is 14.6. The van der Waals surface area contributed by atoms with Crippen LogP contribution >= 0.6 is 0 Å². The molecule has 1 aromatic rings. The third-order valence-corrected chi connectivity index (χ3v) is 3.56. The molecule has 2 unspecified atom stereocenters. The molecule has 0 aliphatic carbocycles. The fraction of sp³-hybridized carbons (Fsp3) is 0.800. The maximum Gasteiger partial charge on any atom is 0.0596 e. The van der Waals surface area contributed by atoms with E-state index in [9.17, 15) is 0 Å². The maximum atomic E-state index is 5.34. The predicted octanol–water partition coefficient (Wildman–Crippen LogP) is 2.45. The van der Waals surface area contributed by atoms with Gasteiger partial charge in [0, 0.05) is 32.3 Å². The van der Waals surface area contributed by atoms with Gasteiger partial charge in [0.2, 0.25) is 0 Å². The number of rotatable bonds is 9. The average molecular weight is 267 g/mol. The smallest absolute Gasteiger partial charge is 0.0596 e. The Morgan fingerprint density at radius 2 is 2.16 bits per heavy atom. The van der Waals surface area contributed by atoms with Crippen LogP contribution < -0.4 is 5.32 Å².